The largest absolute Gasteiger partial charge is 0.394 e. The van der Waals surface area contributed by atoms with Crippen LogP contribution in [0.3, 0.4) is 0 Å². The number of nitrogens with zero attached hydrogens (tertiary/aromatic N) is 1. The summed E-state index contributed by atoms with van der Waals surface area (Å²) in [5, 5.41) is 11.6. The summed E-state index contributed by atoms with van der Waals surface area (Å²) in [5.41, 5.74) is 0.0658. The molecule has 1 aromatic carbocycles. The van der Waals surface area contributed by atoms with Crippen molar-refractivity contribution in [2.24, 2.45) is 0 Å². The van der Waals surface area contributed by atoms with Crippen molar-refractivity contribution < 1.29 is 18.7 Å². The summed E-state index contributed by atoms with van der Waals surface area (Å²) < 4.78 is 26.4. The zero-order valence-electron chi connectivity index (χ0n) is 11.3. The molecule has 110 valence electrons. The smallest absolute Gasteiger partial charge is 0.317 e. The summed E-state index contributed by atoms with van der Waals surface area (Å²) in [6, 6.07) is 2.90. The van der Waals surface area contributed by atoms with Crippen LogP contribution in [0, 0.1) is 11.6 Å². The van der Waals surface area contributed by atoms with Gasteiger partial charge in [0.05, 0.1) is 12.6 Å². The lowest BCUT2D eigenvalue weighted by Gasteiger charge is -2.26. The summed E-state index contributed by atoms with van der Waals surface area (Å²) in [6.07, 6.45) is 2.03. The van der Waals surface area contributed by atoms with E-state index in [1.165, 1.54) is 24.1 Å². The zero-order valence-corrected chi connectivity index (χ0v) is 11.3. The van der Waals surface area contributed by atoms with Crippen LogP contribution in [0.5, 0.6) is 0 Å². The summed E-state index contributed by atoms with van der Waals surface area (Å²) in [5.74, 6) is -1.93. The first kappa shape index (κ1) is 16.1. The van der Waals surface area contributed by atoms with E-state index in [1.54, 1.807) is 6.08 Å². The van der Waals surface area contributed by atoms with Gasteiger partial charge >= 0.3 is 6.03 Å². The van der Waals surface area contributed by atoms with Crippen molar-refractivity contribution in [3.05, 3.63) is 48.1 Å². The minimum atomic E-state index is -0.972. The van der Waals surface area contributed by atoms with Gasteiger partial charge in [0, 0.05) is 19.2 Å². The van der Waals surface area contributed by atoms with Crippen molar-refractivity contribution in [1.82, 2.24) is 10.2 Å². The Labute approximate surface area is 116 Å². The molecule has 1 atom stereocenters. The molecule has 2 N–H and O–H groups in total. The van der Waals surface area contributed by atoms with Crippen LogP contribution < -0.4 is 5.32 Å². The van der Waals surface area contributed by atoms with Crippen LogP contribution in [0.25, 0.3) is 0 Å². The normalized spacial score (nSPS) is 11.8. The van der Waals surface area contributed by atoms with Crippen LogP contribution in [-0.4, -0.2) is 35.7 Å². The number of nitrogens with one attached hydrogen (secondary N) is 1. The van der Waals surface area contributed by atoms with Crippen LogP contribution in [0.15, 0.2) is 30.9 Å². The first-order valence-corrected chi connectivity index (χ1v) is 6.16. The van der Waals surface area contributed by atoms with Crippen molar-refractivity contribution in [2.75, 3.05) is 13.7 Å². The van der Waals surface area contributed by atoms with Gasteiger partial charge in [-0.05, 0) is 12.5 Å². The molecule has 0 saturated carbocycles. The number of carbonyl (C=O) groups is 1. The van der Waals surface area contributed by atoms with Crippen molar-refractivity contribution in [3.63, 3.8) is 0 Å². The Kier molecular flexibility index (Phi) is 6.11. The van der Waals surface area contributed by atoms with Gasteiger partial charge in [-0.2, -0.15) is 0 Å². The van der Waals surface area contributed by atoms with Crippen molar-refractivity contribution >= 4 is 6.03 Å². The number of hydrogen-bond donors (Lipinski definition) is 2. The minimum Gasteiger partial charge on any atom is -0.394 e. The molecule has 0 aromatic heterocycles. The third-order valence-electron chi connectivity index (χ3n) is 2.98. The lowest BCUT2D eigenvalue weighted by atomic mass is 10.2. The predicted molar refractivity (Wildman–Crippen MR) is 72.0 cm³/mol. The quantitative estimate of drug-likeness (QED) is 0.785. The van der Waals surface area contributed by atoms with Crippen molar-refractivity contribution in [3.8, 4) is 0 Å². The third-order valence-corrected chi connectivity index (χ3v) is 2.98. The lowest BCUT2D eigenvalue weighted by molar-refractivity contribution is 0.150. The Bertz CT molecular complexity index is 480. The number of rotatable bonds is 6. The number of benzene rings is 1. The van der Waals surface area contributed by atoms with Gasteiger partial charge in [0.1, 0.15) is 0 Å². The molecule has 20 heavy (non-hydrogen) atoms. The monoisotopic (exact) mass is 284 g/mol. The number of hydrogen-bond acceptors (Lipinski definition) is 2. The molecule has 6 heteroatoms. The molecule has 0 aliphatic heterocycles. The molecule has 0 bridgehead atoms. The molecule has 0 unspecified atom stereocenters. The van der Waals surface area contributed by atoms with E-state index in [1.807, 2.05) is 0 Å². The summed E-state index contributed by atoms with van der Waals surface area (Å²) in [7, 11) is 1.52. The highest BCUT2D eigenvalue weighted by atomic mass is 19.2. The fourth-order valence-electron chi connectivity index (χ4n) is 1.69. The standard InChI is InChI=1S/C14H18F2N2O2/c1-3-5-11(9-19)18(2)14(20)17-8-10-6-4-7-12(15)13(10)16/h3-4,6-7,11,19H,1,5,8-9H2,2H3,(H,17,20)/t11-/m0/s1. The topological polar surface area (TPSA) is 52.6 Å². The Hall–Kier alpha value is -1.95. The Balaban J connectivity index is 2.62. The number of amides is 2. The number of carbonyl (C=O) groups excluding carboxylic acids is 1. The molecule has 0 heterocycles. The van der Waals surface area contributed by atoms with Gasteiger partial charge in [-0.25, -0.2) is 13.6 Å². The number of aliphatic hydroxyl groups excluding tert-OH is 1. The van der Waals surface area contributed by atoms with E-state index >= 15 is 0 Å². The highest BCUT2D eigenvalue weighted by Crippen LogP contribution is 2.11. The third kappa shape index (κ3) is 4.03. The molecule has 0 radical (unpaired) electrons. The van der Waals surface area contributed by atoms with Crippen molar-refractivity contribution in [2.45, 2.75) is 19.0 Å². The van der Waals surface area contributed by atoms with E-state index in [2.05, 4.69) is 11.9 Å². The highest BCUT2D eigenvalue weighted by molar-refractivity contribution is 5.74. The number of aliphatic hydroxyl groups is 1. The van der Waals surface area contributed by atoms with Crippen LogP contribution >= 0.6 is 0 Å². The molecule has 4 nitrogen and oxygen atoms in total. The Morgan fingerprint density at radius 3 is 2.85 bits per heavy atom. The second-order valence-corrected chi connectivity index (χ2v) is 4.34. The van der Waals surface area contributed by atoms with E-state index in [0.29, 0.717) is 6.42 Å². The first-order valence-electron chi connectivity index (χ1n) is 6.16. The Morgan fingerprint density at radius 2 is 2.25 bits per heavy atom. The number of urea groups is 1. The van der Waals surface area contributed by atoms with Gasteiger partial charge in [0.15, 0.2) is 11.6 Å². The molecule has 2 amide bonds. The van der Waals surface area contributed by atoms with Crippen LogP contribution in [0.1, 0.15) is 12.0 Å². The van der Waals surface area contributed by atoms with E-state index in [-0.39, 0.29) is 18.7 Å². The zero-order chi connectivity index (χ0) is 15.1. The molecule has 0 spiro atoms. The molecule has 1 aromatic rings. The maximum Gasteiger partial charge on any atom is 0.317 e. The second-order valence-electron chi connectivity index (χ2n) is 4.34. The highest BCUT2D eigenvalue weighted by Gasteiger charge is 2.18. The first-order chi connectivity index (χ1) is 9.51. The average molecular weight is 284 g/mol. The maximum absolute atomic E-state index is 13.4. The van der Waals surface area contributed by atoms with Gasteiger partial charge in [-0.1, -0.05) is 18.2 Å². The van der Waals surface area contributed by atoms with Gasteiger partial charge in [0.25, 0.3) is 0 Å². The van der Waals surface area contributed by atoms with Gasteiger partial charge in [0.2, 0.25) is 0 Å². The molecule has 0 aliphatic carbocycles. The van der Waals surface area contributed by atoms with Crippen molar-refractivity contribution in [1.29, 1.82) is 0 Å². The van der Waals surface area contributed by atoms with Crippen LogP contribution in [0.4, 0.5) is 13.6 Å². The molecule has 0 saturated heterocycles. The minimum absolute atomic E-state index is 0.0658. The van der Waals surface area contributed by atoms with E-state index in [4.69, 9.17) is 5.11 Å². The van der Waals surface area contributed by atoms with Crippen LogP contribution in [-0.2, 0) is 6.54 Å². The molecule has 1 rings (SSSR count). The van der Waals surface area contributed by atoms with E-state index in [9.17, 15) is 13.6 Å². The predicted octanol–water partition coefficient (Wildman–Crippen LogP) is 2.04. The summed E-state index contributed by atoms with van der Waals surface area (Å²) in [6.45, 7) is 3.21. The second kappa shape index (κ2) is 7.59. The van der Waals surface area contributed by atoms with Gasteiger partial charge in [-0.15, -0.1) is 6.58 Å². The van der Waals surface area contributed by atoms with E-state index < -0.39 is 23.7 Å². The fourth-order valence-corrected chi connectivity index (χ4v) is 1.69. The van der Waals surface area contributed by atoms with Gasteiger partial charge < -0.3 is 15.3 Å². The number of halogens is 2. The average Bonchev–Trinajstić information content (AvgIpc) is 2.45. The molecule has 0 fully saturated rings. The maximum atomic E-state index is 13.4. The van der Waals surface area contributed by atoms with Gasteiger partial charge in [-0.3, -0.25) is 0 Å². The molecular formula is C14H18F2N2O2. The lowest BCUT2D eigenvalue weighted by Crippen LogP contribution is -2.44. The summed E-state index contributed by atoms with van der Waals surface area (Å²) >= 11 is 0. The number of likely N-dealkylation sites (N-methyl/N-ethyl adjacent to an activating group) is 1. The molecule has 0 aliphatic rings. The van der Waals surface area contributed by atoms with Crippen LogP contribution in [0.2, 0.25) is 0 Å². The molecular weight excluding hydrogens is 266 g/mol. The Morgan fingerprint density at radius 1 is 1.55 bits per heavy atom. The summed E-state index contributed by atoms with van der Waals surface area (Å²) in [4.78, 5) is 13.1. The van der Waals surface area contributed by atoms with E-state index in [0.717, 1.165) is 6.07 Å². The SMILES string of the molecule is C=CC[C@@H](CO)N(C)C(=O)NCc1cccc(F)c1F. The fraction of sp³-hybridized carbons (Fsp3) is 0.357.